The highest BCUT2D eigenvalue weighted by molar-refractivity contribution is 5.95. The Kier molecular flexibility index (Phi) is 2.77. The van der Waals surface area contributed by atoms with E-state index in [-0.39, 0.29) is 11.8 Å². The number of fused-ring (bicyclic) bond motifs is 1. The highest BCUT2D eigenvalue weighted by atomic mass is 16.2. The van der Waals surface area contributed by atoms with Gasteiger partial charge in [-0.3, -0.25) is 4.79 Å². The Morgan fingerprint density at radius 1 is 1.39 bits per heavy atom. The van der Waals surface area contributed by atoms with Crippen LogP contribution < -0.4 is 11.1 Å². The smallest absolute Gasteiger partial charge is 0.228 e. The molecule has 2 aliphatic rings. The van der Waals surface area contributed by atoms with Gasteiger partial charge in [0.05, 0.1) is 0 Å². The van der Waals surface area contributed by atoms with Crippen LogP contribution in [0.25, 0.3) is 0 Å². The molecule has 0 heterocycles. The summed E-state index contributed by atoms with van der Waals surface area (Å²) in [6.45, 7) is 2.08. The standard InChI is InChI=1S/C15H20N2O/c1-2-9-6-7-10(8-13(9)16)17-15(18)14-11-4-3-5-12(11)14/h6-8,11-12,14H,2-5,16H2,1H3,(H,17,18). The van der Waals surface area contributed by atoms with Crippen LogP contribution in [0.4, 0.5) is 11.4 Å². The molecular weight excluding hydrogens is 224 g/mol. The lowest BCUT2D eigenvalue weighted by molar-refractivity contribution is -0.118. The number of aryl methyl sites for hydroxylation is 1. The Hall–Kier alpha value is -1.51. The molecule has 0 aromatic heterocycles. The van der Waals surface area contributed by atoms with Crippen molar-refractivity contribution in [1.82, 2.24) is 0 Å². The van der Waals surface area contributed by atoms with E-state index in [4.69, 9.17) is 5.73 Å². The largest absolute Gasteiger partial charge is 0.398 e. The molecule has 96 valence electrons. The van der Waals surface area contributed by atoms with E-state index in [9.17, 15) is 4.79 Å². The van der Waals surface area contributed by atoms with Gasteiger partial charge in [-0.05, 0) is 48.8 Å². The number of carbonyl (C=O) groups excluding carboxylic acids is 1. The van der Waals surface area contributed by atoms with E-state index in [0.29, 0.717) is 11.8 Å². The molecule has 2 atom stereocenters. The van der Waals surface area contributed by atoms with Crippen LogP contribution >= 0.6 is 0 Å². The summed E-state index contributed by atoms with van der Waals surface area (Å²) in [6.07, 6.45) is 4.70. The fourth-order valence-corrected chi connectivity index (χ4v) is 3.43. The molecule has 0 spiro atoms. The van der Waals surface area contributed by atoms with E-state index >= 15 is 0 Å². The summed E-state index contributed by atoms with van der Waals surface area (Å²) < 4.78 is 0. The Balaban J connectivity index is 1.66. The molecule has 1 amide bonds. The molecule has 0 bridgehead atoms. The van der Waals surface area contributed by atoms with Crippen molar-refractivity contribution in [3.63, 3.8) is 0 Å². The maximum Gasteiger partial charge on any atom is 0.228 e. The van der Waals surface area contributed by atoms with E-state index in [1.54, 1.807) is 0 Å². The first-order chi connectivity index (χ1) is 8.70. The number of nitrogens with two attached hydrogens (primary N) is 1. The SMILES string of the molecule is CCc1ccc(NC(=O)C2C3CCCC32)cc1N. The zero-order chi connectivity index (χ0) is 12.7. The van der Waals surface area contributed by atoms with Gasteiger partial charge in [0.25, 0.3) is 0 Å². The number of carbonyl (C=O) groups is 1. The van der Waals surface area contributed by atoms with Crippen LogP contribution in [-0.4, -0.2) is 5.91 Å². The van der Waals surface area contributed by atoms with Crippen LogP contribution in [0.15, 0.2) is 18.2 Å². The number of hydrogen-bond donors (Lipinski definition) is 2. The molecule has 0 saturated heterocycles. The fourth-order valence-electron chi connectivity index (χ4n) is 3.43. The minimum atomic E-state index is 0.188. The van der Waals surface area contributed by atoms with E-state index in [1.807, 2.05) is 18.2 Å². The summed E-state index contributed by atoms with van der Waals surface area (Å²) in [6, 6.07) is 5.82. The van der Waals surface area contributed by atoms with Gasteiger partial charge in [0.15, 0.2) is 0 Å². The van der Waals surface area contributed by atoms with Gasteiger partial charge in [-0.15, -0.1) is 0 Å². The Labute approximate surface area is 108 Å². The van der Waals surface area contributed by atoms with Crippen molar-refractivity contribution in [3.8, 4) is 0 Å². The van der Waals surface area contributed by atoms with Gasteiger partial charge in [0, 0.05) is 17.3 Å². The molecule has 0 aliphatic heterocycles. The highest BCUT2D eigenvalue weighted by Crippen LogP contribution is 2.57. The number of rotatable bonds is 3. The highest BCUT2D eigenvalue weighted by Gasteiger charge is 2.56. The zero-order valence-corrected chi connectivity index (χ0v) is 10.8. The number of amides is 1. The summed E-state index contributed by atoms with van der Waals surface area (Å²) in [5.74, 6) is 1.79. The molecule has 1 aromatic rings. The van der Waals surface area contributed by atoms with Crippen LogP contribution in [0.2, 0.25) is 0 Å². The second-order valence-electron chi connectivity index (χ2n) is 5.54. The Bertz CT molecular complexity index is 473. The number of anilines is 2. The predicted molar refractivity (Wildman–Crippen MR) is 73.2 cm³/mol. The number of nitrogen functional groups attached to an aromatic ring is 1. The third kappa shape index (κ3) is 1.88. The second-order valence-corrected chi connectivity index (χ2v) is 5.54. The summed E-state index contributed by atoms with van der Waals surface area (Å²) in [5.41, 5.74) is 8.68. The first-order valence-corrected chi connectivity index (χ1v) is 6.90. The van der Waals surface area contributed by atoms with Gasteiger partial charge in [-0.1, -0.05) is 19.4 Å². The van der Waals surface area contributed by atoms with Gasteiger partial charge >= 0.3 is 0 Å². The van der Waals surface area contributed by atoms with Crippen molar-refractivity contribution in [3.05, 3.63) is 23.8 Å². The number of hydrogen-bond acceptors (Lipinski definition) is 2. The van der Waals surface area contributed by atoms with Crippen molar-refractivity contribution in [2.24, 2.45) is 17.8 Å². The van der Waals surface area contributed by atoms with Crippen molar-refractivity contribution in [2.75, 3.05) is 11.1 Å². The average molecular weight is 244 g/mol. The van der Waals surface area contributed by atoms with Crippen LogP contribution in [0.5, 0.6) is 0 Å². The third-order valence-electron chi connectivity index (χ3n) is 4.50. The molecule has 2 unspecified atom stereocenters. The molecule has 1 aromatic carbocycles. The summed E-state index contributed by atoms with van der Waals surface area (Å²) in [7, 11) is 0. The molecule has 3 nitrogen and oxygen atoms in total. The normalized spacial score (nSPS) is 28.8. The van der Waals surface area contributed by atoms with Crippen molar-refractivity contribution < 1.29 is 4.79 Å². The molecular formula is C15H20N2O. The molecule has 3 rings (SSSR count). The third-order valence-corrected chi connectivity index (χ3v) is 4.50. The molecule has 0 radical (unpaired) electrons. The van der Waals surface area contributed by atoms with Crippen LogP contribution in [0, 0.1) is 17.8 Å². The Morgan fingerprint density at radius 2 is 2.11 bits per heavy atom. The summed E-state index contributed by atoms with van der Waals surface area (Å²) in [4.78, 5) is 12.1. The monoisotopic (exact) mass is 244 g/mol. The summed E-state index contributed by atoms with van der Waals surface area (Å²) in [5, 5.41) is 3.01. The van der Waals surface area contributed by atoms with Crippen LogP contribution in [0.1, 0.15) is 31.7 Å². The minimum absolute atomic E-state index is 0.188. The molecule has 18 heavy (non-hydrogen) atoms. The number of benzene rings is 1. The first-order valence-electron chi connectivity index (χ1n) is 6.90. The van der Waals surface area contributed by atoms with Gasteiger partial charge in [-0.2, -0.15) is 0 Å². The molecule has 2 fully saturated rings. The van der Waals surface area contributed by atoms with Gasteiger partial charge in [0.2, 0.25) is 5.91 Å². The van der Waals surface area contributed by atoms with Crippen LogP contribution in [0.3, 0.4) is 0 Å². The molecule has 3 heteroatoms. The van der Waals surface area contributed by atoms with E-state index in [1.165, 1.54) is 19.3 Å². The fraction of sp³-hybridized carbons (Fsp3) is 0.533. The van der Waals surface area contributed by atoms with E-state index in [2.05, 4.69) is 12.2 Å². The first kappa shape index (κ1) is 11.6. The van der Waals surface area contributed by atoms with E-state index in [0.717, 1.165) is 23.4 Å². The lowest BCUT2D eigenvalue weighted by atomic mass is 10.1. The van der Waals surface area contributed by atoms with Crippen molar-refractivity contribution in [1.29, 1.82) is 0 Å². The average Bonchev–Trinajstić information content (AvgIpc) is 2.84. The molecule has 2 aliphatic carbocycles. The second kappa shape index (κ2) is 4.30. The maximum absolute atomic E-state index is 12.1. The number of nitrogens with one attached hydrogen (secondary N) is 1. The van der Waals surface area contributed by atoms with Crippen molar-refractivity contribution in [2.45, 2.75) is 32.6 Å². The summed E-state index contributed by atoms with van der Waals surface area (Å²) >= 11 is 0. The molecule has 3 N–H and O–H groups in total. The quantitative estimate of drug-likeness (QED) is 0.803. The van der Waals surface area contributed by atoms with E-state index < -0.39 is 0 Å². The van der Waals surface area contributed by atoms with Gasteiger partial charge < -0.3 is 11.1 Å². The Morgan fingerprint density at radius 3 is 2.72 bits per heavy atom. The maximum atomic E-state index is 12.1. The van der Waals surface area contributed by atoms with Gasteiger partial charge in [-0.25, -0.2) is 0 Å². The van der Waals surface area contributed by atoms with Crippen molar-refractivity contribution >= 4 is 17.3 Å². The predicted octanol–water partition coefficient (Wildman–Crippen LogP) is 2.82. The topological polar surface area (TPSA) is 55.1 Å². The van der Waals surface area contributed by atoms with Gasteiger partial charge in [0.1, 0.15) is 0 Å². The lowest BCUT2D eigenvalue weighted by Crippen LogP contribution is -2.16. The lowest BCUT2D eigenvalue weighted by Gasteiger charge is -2.09. The molecule has 2 saturated carbocycles. The minimum Gasteiger partial charge on any atom is -0.398 e. The zero-order valence-electron chi connectivity index (χ0n) is 10.8. The van der Waals surface area contributed by atoms with Crippen LogP contribution in [-0.2, 0) is 11.2 Å².